The van der Waals surface area contributed by atoms with Gasteiger partial charge in [0.05, 0.1) is 11.4 Å². The van der Waals surface area contributed by atoms with Crippen molar-refractivity contribution in [2.75, 3.05) is 5.75 Å². The van der Waals surface area contributed by atoms with Gasteiger partial charge in [-0.1, -0.05) is 18.2 Å². The lowest BCUT2D eigenvalue weighted by molar-refractivity contribution is -0.141. The van der Waals surface area contributed by atoms with Crippen molar-refractivity contribution in [2.24, 2.45) is 0 Å². The lowest BCUT2D eigenvalue weighted by Crippen LogP contribution is -2.15. The highest BCUT2D eigenvalue weighted by Crippen LogP contribution is 2.17. The molecule has 7 heteroatoms. The fourth-order valence-electron chi connectivity index (χ4n) is 1.99. The van der Waals surface area contributed by atoms with Crippen LogP contribution in [0.25, 0.3) is 4.96 Å². The van der Waals surface area contributed by atoms with E-state index < -0.39 is 0 Å². The molecule has 1 aromatic carbocycles. The topological polar surface area (TPSA) is 60.7 Å². The summed E-state index contributed by atoms with van der Waals surface area (Å²) >= 11 is 2.84. The molecule has 0 aliphatic rings. The Labute approximate surface area is 140 Å². The van der Waals surface area contributed by atoms with Crippen LogP contribution >= 0.6 is 23.1 Å². The van der Waals surface area contributed by atoms with Gasteiger partial charge in [0.2, 0.25) is 0 Å². The van der Waals surface area contributed by atoms with Gasteiger partial charge in [-0.25, -0.2) is 4.98 Å². The molecule has 0 fully saturated rings. The second-order valence-electron chi connectivity index (χ2n) is 4.84. The first-order valence-corrected chi connectivity index (χ1v) is 8.74. The molecule has 0 aliphatic heterocycles. The lowest BCUT2D eigenvalue weighted by Gasteiger charge is -2.04. The number of aryl methyl sites for hydroxylation is 1. The van der Waals surface area contributed by atoms with E-state index in [1.807, 2.05) is 37.3 Å². The van der Waals surface area contributed by atoms with Gasteiger partial charge < -0.3 is 4.74 Å². The van der Waals surface area contributed by atoms with Crippen molar-refractivity contribution in [1.29, 1.82) is 0 Å². The molecule has 5 nitrogen and oxygen atoms in total. The summed E-state index contributed by atoms with van der Waals surface area (Å²) in [7, 11) is 0. The highest BCUT2D eigenvalue weighted by molar-refractivity contribution is 8.00. The van der Waals surface area contributed by atoms with Crippen LogP contribution in [0.15, 0.2) is 52.3 Å². The maximum absolute atomic E-state index is 12.0. The summed E-state index contributed by atoms with van der Waals surface area (Å²) in [6.45, 7) is 1.93. The second kappa shape index (κ2) is 6.97. The molecular formula is C16H14N2O3S2. The molecule has 3 rings (SSSR count). The normalized spacial score (nSPS) is 10.8. The number of hydrogen-bond donors (Lipinski definition) is 0. The molecule has 2 aromatic heterocycles. The number of carbonyl (C=O) groups is 1. The molecule has 0 unspecified atom stereocenters. The predicted octanol–water partition coefficient (Wildman–Crippen LogP) is 2.90. The molecule has 0 bridgehead atoms. The molecule has 3 aromatic rings. The summed E-state index contributed by atoms with van der Waals surface area (Å²) < 4.78 is 6.69. The molecule has 2 heterocycles. The number of carbonyl (C=O) groups excluding carboxylic acids is 1. The van der Waals surface area contributed by atoms with Crippen molar-refractivity contribution < 1.29 is 9.53 Å². The number of fused-ring (bicyclic) bond motifs is 1. The maximum atomic E-state index is 12.0. The van der Waals surface area contributed by atoms with Gasteiger partial charge in [0, 0.05) is 22.0 Å². The Morgan fingerprint density at radius 2 is 2.13 bits per heavy atom. The molecule has 0 amide bonds. The Morgan fingerprint density at radius 3 is 2.91 bits per heavy atom. The number of aromatic nitrogens is 2. The Hall–Kier alpha value is -2.12. The van der Waals surface area contributed by atoms with Crippen LogP contribution in [0.1, 0.15) is 10.6 Å². The number of hydrogen-bond acceptors (Lipinski definition) is 6. The standard InChI is InChI=1S/C16H14N2O3S2/c1-11-8-18-14(19)7-12(17-16(18)23-11)9-21-15(20)10-22-13-5-3-2-4-6-13/h2-8H,9-10H2,1H3. The number of thiazole rings is 1. The molecule has 0 aliphatic carbocycles. The van der Waals surface area contributed by atoms with E-state index in [1.165, 1.54) is 33.6 Å². The van der Waals surface area contributed by atoms with Gasteiger partial charge in [-0.2, -0.15) is 0 Å². The van der Waals surface area contributed by atoms with E-state index >= 15 is 0 Å². The van der Waals surface area contributed by atoms with Gasteiger partial charge in [-0.3, -0.25) is 14.0 Å². The molecule has 0 atom stereocenters. The predicted molar refractivity (Wildman–Crippen MR) is 91.0 cm³/mol. The number of nitrogens with zero attached hydrogens (tertiary/aromatic N) is 2. The minimum atomic E-state index is -0.330. The van der Waals surface area contributed by atoms with Gasteiger partial charge in [0.15, 0.2) is 4.96 Å². The van der Waals surface area contributed by atoms with E-state index in [1.54, 1.807) is 6.20 Å². The van der Waals surface area contributed by atoms with Crippen molar-refractivity contribution in [3.8, 4) is 0 Å². The largest absolute Gasteiger partial charge is 0.459 e. The summed E-state index contributed by atoms with van der Waals surface area (Å²) in [6, 6.07) is 11.0. The lowest BCUT2D eigenvalue weighted by atomic mass is 10.4. The van der Waals surface area contributed by atoms with E-state index in [4.69, 9.17) is 4.74 Å². The zero-order chi connectivity index (χ0) is 16.2. The van der Waals surface area contributed by atoms with E-state index in [0.717, 1.165) is 9.77 Å². The highest BCUT2D eigenvalue weighted by atomic mass is 32.2. The molecule has 0 radical (unpaired) electrons. The number of thioether (sulfide) groups is 1. The Balaban J connectivity index is 1.59. The molecule has 23 heavy (non-hydrogen) atoms. The van der Waals surface area contributed by atoms with Gasteiger partial charge in [-0.05, 0) is 19.1 Å². The minimum Gasteiger partial charge on any atom is -0.459 e. The Bertz CT molecular complexity index is 887. The first-order valence-electron chi connectivity index (χ1n) is 6.94. The zero-order valence-corrected chi connectivity index (χ0v) is 14.0. The third-order valence-corrected chi connectivity index (χ3v) is 4.90. The number of esters is 1. The summed E-state index contributed by atoms with van der Waals surface area (Å²) in [5.41, 5.74) is 0.305. The van der Waals surface area contributed by atoms with Crippen molar-refractivity contribution in [2.45, 2.75) is 18.4 Å². The van der Waals surface area contributed by atoms with E-state index in [-0.39, 0.29) is 23.9 Å². The average Bonchev–Trinajstić information content (AvgIpc) is 2.93. The van der Waals surface area contributed by atoms with Gasteiger partial charge in [-0.15, -0.1) is 23.1 Å². The van der Waals surface area contributed by atoms with Gasteiger partial charge in [0.25, 0.3) is 5.56 Å². The molecule has 0 saturated heterocycles. The maximum Gasteiger partial charge on any atom is 0.316 e. The SMILES string of the molecule is Cc1cn2c(=O)cc(COC(=O)CSc3ccccc3)nc2s1. The first kappa shape index (κ1) is 15.8. The van der Waals surface area contributed by atoms with E-state index in [0.29, 0.717) is 10.7 Å². The third kappa shape index (κ3) is 4.00. The van der Waals surface area contributed by atoms with Crippen LogP contribution in [-0.4, -0.2) is 21.1 Å². The zero-order valence-electron chi connectivity index (χ0n) is 12.4. The van der Waals surface area contributed by atoms with Gasteiger partial charge in [0.1, 0.15) is 6.61 Å². The summed E-state index contributed by atoms with van der Waals surface area (Å²) in [4.78, 5) is 30.7. The number of ether oxygens (including phenoxy) is 1. The van der Waals surface area contributed by atoms with Crippen LogP contribution in [0.5, 0.6) is 0 Å². The Morgan fingerprint density at radius 1 is 1.35 bits per heavy atom. The molecule has 0 saturated carbocycles. The highest BCUT2D eigenvalue weighted by Gasteiger charge is 2.09. The quantitative estimate of drug-likeness (QED) is 0.525. The molecular weight excluding hydrogens is 332 g/mol. The second-order valence-corrected chi connectivity index (χ2v) is 7.10. The number of rotatable bonds is 5. The van der Waals surface area contributed by atoms with Crippen LogP contribution in [0, 0.1) is 6.92 Å². The molecule has 0 N–H and O–H groups in total. The van der Waals surface area contributed by atoms with E-state index in [2.05, 4.69) is 4.98 Å². The van der Waals surface area contributed by atoms with Crippen LogP contribution in [0.2, 0.25) is 0 Å². The first-order chi connectivity index (χ1) is 11.1. The fourth-order valence-corrected chi connectivity index (χ4v) is 3.55. The smallest absolute Gasteiger partial charge is 0.316 e. The van der Waals surface area contributed by atoms with Gasteiger partial charge >= 0.3 is 5.97 Å². The molecule has 118 valence electrons. The summed E-state index contributed by atoms with van der Waals surface area (Å²) in [5, 5.41) is 0. The Kier molecular flexibility index (Phi) is 4.78. The summed E-state index contributed by atoms with van der Waals surface area (Å²) in [5.74, 6) is -0.105. The van der Waals surface area contributed by atoms with Crippen LogP contribution in [-0.2, 0) is 16.1 Å². The van der Waals surface area contributed by atoms with Crippen molar-refractivity contribution in [3.63, 3.8) is 0 Å². The van der Waals surface area contributed by atoms with Crippen LogP contribution in [0.3, 0.4) is 0 Å². The van der Waals surface area contributed by atoms with E-state index in [9.17, 15) is 9.59 Å². The van der Waals surface area contributed by atoms with Crippen molar-refractivity contribution in [1.82, 2.24) is 9.38 Å². The molecule has 0 spiro atoms. The number of benzene rings is 1. The monoisotopic (exact) mass is 346 g/mol. The van der Waals surface area contributed by atoms with Crippen molar-refractivity contribution >= 4 is 34.0 Å². The minimum absolute atomic E-state index is 0.0108. The third-order valence-electron chi connectivity index (χ3n) is 3.02. The van der Waals surface area contributed by atoms with Crippen LogP contribution in [0.4, 0.5) is 0 Å². The summed E-state index contributed by atoms with van der Waals surface area (Å²) in [6.07, 6.45) is 1.75. The van der Waals surface area contributed by atoms with Crippen LogP contribution < -0.4 is 5.56 Å². The van der Waals surface area contributed by atoms with Crippen molar-refractivity contribution in [3.05, 3.63) is 63.5 Å². The average molecular weight is 346 g/mol. The fraction of sp³-hybridized carbons (Fsp3) is 0.188.